The van der Waals surface area contributed by atoms with Crippen molar-refractivity contribution in [3.63, 3.8) is 0 Å². The summed E-state index contributed by atoms with van der Waals surface area (Å²) in [4.78, 5) is 38.0. The minimum absolute atomic E-state index is 0.136. The number of hydrogen-bond acceptors (Lipinski definition) is 5. The quantitative estimate of drug-likeness (QED) is 0.197. The number of ether oxygens (including phenoxy) is 1. The Morgan fingerprint density at radius 3 is 2.23 bits per heavy atom. The first-order valence-electron chi connectivity index (χ1n) is 13.2. The van der Waals surface area contributed by atoms with Gasteiger partial charge in [0.15, 0.2) is 0 Å². The fourth-order valence-electron chi connectivity index (χ4n) is 4.25. The Bertz CT molecular complexity index is 1420. The molecule has 40 heavy (non-hydrogen) atoms. The minimum Gasteiger partial charge on any atom is -0.508 e. The number of rotatable bonds is 12. The van der Waals surface area contributed by atoms with E-state index < -0.39 is 12.1 Å². The topological polar surface area (TPSA) is 117 Å². The number of carbonyl (C=O) groups is 3. The van der Waals surface area contributed by atoms with E-state index in [1.807, 2.05) is 72.8 Å². The predicted octanol–water partition coefficient (Wildman–Crippen LogP) is 4.60. The molecule has 0 fully saturated rings. The van der Waals surface area contributed by atoms with Crippen LogP contribution in [0.3, 0.4) is 0 Å². The summed E-state index contributed by atoms with van der Waals surface area (Å²) >= 11 is 0. The van der Waals surface area contributed by atoms with E-state index in [9.17, 15) is 19.5 Å². The summed E-state index contributed by atoms with van der Waals surface area (Å²) in [6.07, 6.45) is 0.367. The van der Waals surface area contributed by atoms with Crippen molar-refractivity contribution in [3.8, 4) is 5.75 Å². The van der Waals surface area contributed by atoms with E-state index in [1.165, 1.54) is 0 Å². The zero-order valence-corrected chi connectivity index (χ0v) is 22.1. The van der Waals surface area contributed by atoms with E-state index in [2.05, 4.69) is 16.0 Å². The molecule has 0 heterocycles. The Kier molecular flexibility index (Phi) is 10.1. The first-order valence-corrected chi connectivity index (χ1v) is 13.2. The van der Waals surface area contributed by atoms with Crippen molar-refractivity contribution in [2.75, 3.05) is 6.54 Å². The fraction of sp³-hybridized carbons (Fsp3) is 0.219. The number of benzene rings is 4. The van der Waals surface area contributed by atoms with Crippen LogP contribution in [0.5, 0.6) is 5.75 Å². The SMILES string of the molecule is O=C(Cc1ccc2ccccc2c1)NC(CCCNC(=O)OCc1ccccc1)C(=O)NCc1ccc(O)cc1. The van der Waals surface area contributed by atoms with E-state index >= 15 is 0 Å². The molecule has 0 aliphatic heterocycles. The van der Waals surface area contributed by atoms with Crippen LogP contribution in [0.25, 0.3) is 10.8 Å². The number of hydrogen-bond donors (Lipinski definition) is 4. The van der Waals surface area contributed by atoms with Crippen molar-refractivity contribution in [1.82, 2.24) is 16.0 Å². The van der Waals surface area contributed by atoms with Crippen molar-refractivity contribution >= 4 is 28.7 Å². The highest BCUT2D eigenvalue weighted by atomic mass is 16.5. The molecule has 0 radical (unpaired) electrons. The molecular formula is C32H33N3O5. The number of fused-ring (bicyclic) bond motifs is 1. The van der Waals surface area contributed by atoms with Gasteiger partial charge in [0, 0.05) is 13.1 Å². The monoisotopic (exact) mass is 539 g/mol. The minimum atomic E-state index is -0.785. The lowest BCUT2D eigenvalue weighted by Crippen LogP contribution is -2.47. The van der Waals surface area contributed by atoms with Gasteiger partial charge in [-0.1, -0.05) is 84.9 Å². The summed E-state index contributed by atoms with van der Waals surface area (Å²) in [7, 11) is 0. The summed E-state index contributed by atoms with van der Waals surface area (Å²) in [5, 5.41) is 20.0. The number of carbonyl (C=O) groups excluding carboxylic acids is 3. The summed E-state index contributed by atoms with van der Waals surface area (Å²) in [6, 6.07) is 28.9. The molecule has 4 rings (SSSR count). The molecule has 0 aliphatic carbocycles. The Morgan fingerprint density at radius 2 is 1.45 bits per heavy atom. The van der Waals surface area contributed by atoms with Crippen molar-refractivity contribution in [1.29, 1.82) is 0 Å². The molecule has 0 aliphatic rings. The van der Waals surface area contributed by atoms with Crippen LogP contribution >= 0.6 is 0 Å². The second-order valence-corrected chi connectivity index (χ2v) is 9.49. The molecule has 0 spiro atoms. The fourth-order valence-corrected chi connectivity index (χ4v) is 4.25. The molecular weight excluding hydrogens is 506 g/mol. The molecule has 8 nitrogen and oxygen atoms in total. The summed E-state index contributed by atoms with van der Waals surface area (Å²) in [5.74, 6) is -0.453. The normalized spacial score (nSPS) is 11.4. The van der Waals surface area contributed by atoms with Crippen LogP contribution in [0.2, 0.25) is 0 Å². The van der Waals surface area contributed by atoms with Crippen LogP contribution in [-0.2, 0) is 33.9 Å². The lowest BCUT2D eigenvalue weighted by atomic mass is 10.0. The smallest absolute Gasteiger partial charge is 0.407 e. The summed E-state index contributed by atoms with van der Waals surface area (Å²) in [6.45, 7) is 0.704. The van der Waals surface area contributed by atoms with Gasteiger partial charge in [-0.15, -0.1) is 0 Å². The van der Waals surface area contributed by atoms with Gasteiger partial charge in [-0.3, -0.25) is 9.59 Å². The highest BCUT2D eigenvalue weighted by Gasteiger charge is 2.21. The lowest BCUT2D eigenvalue weighted by Gasteiger charge is -2.19. The molecule has 4 aromatic carbocycles. The van der Waals surface area contributed by atoms with Crippen LogP contribution in [0.4, 0.5) is 4.79 Å². The summed E-state index contributed by atoms with van der Waals surface area (Å²) in [5.41, 5.74) is 2.55. The third-order valence-corrected chi connectivity index (χ3v) is 6.39. The first kappa shape index (κ1) is 28.2. The second kappa shape index (κ2) is 14.3. The number of alkyl carbamates (subject to hydrolysis) is 1. The summed E-state index contributed by atoms with van der Waals surface area (Å²) < 4.78 is 5.22. The van der Waals surface area contributed by atoms with E-state index in [-0.39, 0.29) is 43.7 Å². The Balaban J connectivity index is 1.30. The van der Waals surface area contributed by atoms with E-state index in [1.54, 1.807) is 24.3 Å². The average molecular weight is 540 g/mol. The Labute approximate surface area is 233 Å². The van der Waals surface area contributed by atoms with Gasteiger partial charge in [0.25, 0.3) is 0 Å². The van der Waals surface area contributed by atoms with Gasteiger partial charge in [-0.25, -0.2) is 4.79 Å². The van der Waals surface area contributed by atoms with Crippen LogP contribution < -0.4 is 16.0 Å². The van der Waals surface area contributed by atoms with Crippen LogP contribution in [0.1, 0.15) is 29.5 Å². The van der Waals surface area contributed by atoms with Gasteiger partial charge in [0.1, 0.15) is 18.4 Å². The second-order valence-electron chi connectivity index (χ2n) is 9.49. The van der Waals surface area contributed by atoms with Gasteiger partial charge >= 0.3 is 6.09 Å². The Morgan fingerprint density at radius 1 is 0.750 bits per heavy atom. The molecule has 206 valence electrons. The molecule has 0 bridgehead atoms. The van der Waals surface area contributed by atoms with Crippen molar-refractivity contribution < 1.29 is 24.2 Å². The maximum Gasteiger partial charge on any atom is 0.407 e. The highest BCUT2D eigenvalue weighted by molar-refractivity contribution is 5.89. The number of amides is 3. The standard InChI is InChI=1S/C32H33N3O5/c36-28-16-13-23(14-17-28)21-34-31(38)29(11-6-18-33-32(39)40-22-24-7-2-1-3-8-24)35-30(37)20-25-12-15-26-9-4-5-10-27(26)19-25/h1-5,7-10,12-17,19,29,36H,6,11,18,20-22H2,(H,33,39)(H,34,38)(H,35,37). The maximum absolute atomic E-state index is 13.0. The molecule has 1 atom stereocenters. The van der Waals surface area contributed by atoms with Crippen LogP contribution in [0, 0.1) is 0 Å². The van der Waals surface area contributed by atoms with Crippen molar-refractivity contribution in [3.05, 3.63) is 114 Å². The molecule has 4 aromatic rings. The zero-order valence-electron chi connectivity index (χ0n) is 22.1. The van der Waals surface area contributed by atoms with Gasteiger partial charge in [0.05, 0.1) is 6.42 Å². The van der Waals surface area contributed by atoms with Crippen LogP contribution in [0.15, 0.2) is 97.1 Å². The molecule has 4 N–H and O–H groups in total. The number of aromatic hydroxyl groups is 1. The Hall–Kier alpha value is -4.85. The van der Waals surface area contributed by atoms with E-state index in [4.69, 9.17) is 4.74 Å². The molecule has 0 saturated heterocycles. The average Bonchev–Trinajstić information content (AvgIpc) is 2.97. The predicted molar refractivity (Wildman–Crippen MR) is 153 cm³/mol. The molecule has 0 saturated carbocycles. The molecule has 8 heteroatoms. The van der Waals surface area contributed by atoms with Gasteiger partial charge in [0.2, 0.25) is 11.8 Å². The number of phenolic OH excluding ortho intramolecular Hbond substituents is 1. The molecule has 1 unspecified atom stereocenters. The molecule has 3 amide bonds. The maximum atomic E-state index is 13.0. The third kappa shape index (κ3) is 8.87. The van der Waals surface area contributed by atoms with Crippen molar-refractivity contribution in [2.45, 2.75) is 38.5 Å². The number of phenols is 1. The lowest BCUT2D eigenvalue weighted by molar-refractivity contribution is -0.129. The van der Waals surface area contributed by atoms with Crippen molar-refractivity contribution in [2.24, 2.45) is 0 Å². The van der Waals surface area contributed by atoms with E-state index in [0.717, 1.165) is 27.5 Å². The van der Waals surface area contributed by atoms with Gasteiger partial charge in [-0.05, 0) is 52.4 Å². The van der Waals surface area contributed by atoms with Crippen LogP contribution in [-0.4, -0.2) is 35.6 Å². The third-order valence-electron chi connectivity index (χ3n) is 6.39. The largest absolute Gasteiger partial charge is 0.508 e. The zero-order chi connectivity index (χ0) is 28.2. The molecule has 0 aromatic heterocycles. The van der Waals surface area contributed by atoms with Gasteiger partial charge in [-0.2, -0.15) is 0 Å². The van der Waals surface area contributed by atoms with E-state index in [0.29, 0.717) is 12.8 Å². The highest BCUT2D eigenvalue weighted by Crippen LogP contribution is 2.16. The van der Waals surface area contributed by atoms with Gasteiger partial charge < -0.3 is 25.8 Å². The number of nitrogens with one attached hydrogen (secondary N) is 3. The first-order chi connectivity index (χ1) is 19.5.